The van der Waals surface area contributed by atoms with E-state index in [0.29, 0.717) is 29.5 Å². The zero-order valence-electron chi connectivity index (χ0n) is 15.7. The highest BCUT2D eigenvalue weighted by Gasteiger charge is 2.07. The van der Waals surface area contributed by atoms with Gasteiger partial charge in [-0.05, 0) is 54.8 Å². The van der Waals surface area contributed by atoms with Gasteiger partial charge in [0.25, 0.3) is 0 Å². The normalized spacial score (nSPS) is 10.6. The first-order valence-electron chi connectivity index (χ1n) is 8.52. The number of hydrogen-bond donors (Lipinski definition) is 1. The molecule has 2 aromatic carbocycles. The van der Waals surface area contributed by atoms with E-state index in [2.05, 4.69) is 5.32 Å². The van der Waals surface area contributed by atoms with Crippen molar-refractivity contribution in [1.82, 2.24) is 0 Å². The molecule has 0 aromatic heterocycles. The lowest BCUT2D eigenvalue weighted by atomic mass is 10.1. The predicted octanol–water partition coefficient (Wildman–Crippen LogP) is 4.45. The lowest BCUT2D eigenvalue weighted by Gasteiger charge is -2.11. The van der Waals surface area contributed by atoms with Crippen LogP contribution in [-0.4, -0.2) is 26.7 Å². The van der Waals surface area contributed by atoms with E-state index in [-0.39, 0.29) is 5.91 Å². The number of methoxy groups -OCH3 is 2. The molecule has 1 N–H and O–H groups in total. The molecule has 0 bridgehead atoms. The van der Waals surface area contributed by atoms with Crippen molar-refractivity contribution in [3.63, 3.8) is 0 Å². The van der Waals surface area contributed by atoms with Crippen LogP contribution in [-0.2, 0) is 4.79 Å². The summed E-state index contributed by atoms with van der Waals surface area (Å²) in [5, 5.41) is 2.83. The minimum absolute atomic E-state index is 0.237. The van der Waals surface area contributed by atoms with Gasteiger partial charge in [0.2, 0.25) is 5.91 Å². The van der Waals surface area contributed by atoms with Gasteiger partial charge in [0, 0.05) is 6.08 Å². The van der Waals surface area contributed by atoms with Gasteiger partial charge >= 0.3 is 0 Å². The molecule has 0 aliphatic heterocycles. The van der Waals surface area contributed by atoms with Crippen molar-refractivity contribution in [2.45, 2.75) is 20.3 Å². The molecule has 2 rings (SSSR count). The van der Waals surface area contributed by atoms with Gasteiger partial charge in [-0.25, -0.2) is 0 Å². The van der Waals surface area contributed by atoms with E-state index < -0.39 is 0 Å². The molecule has 0 heterocycles. The molecule has 0 aliphatic rings. The fraction of sp³-hybridized carbons (Fsp3) is 0.286. The van der Waals surface area contributed by atoms with Crippen molar-refractivity contribution in [2.24, 2.45) is 0 Å². The summed E-state index contributed by atoms with van der Waals surface area (Å²) in [4.78, 5) is 12.2. The van der Waals surface area contributed by atoms with E-state index in [1.165, 1.54) is 6.08 Å². The summed E-state index contributed by atoms with van der Waals surface area (Å²) in [7, 11) is 3.17. The second-order valence-electron chi connectivity index (χ2n) is 5.79. The average molecular weight is 355 g/mol. The van der Waals surface area contributed by atoms with Gasteiger partial charge in [-0.3, -0.25) is 4.79 Å². The summed E-state index contributed by atoms with van der Waals surface area (Å²) in [6.07, 6.45) is 4.13. The molecule has 5 nitrogen and oxygen atoms in total. The van der Waals surface area contributed by atoms with Gasteiger partial charge in [0.15, 0.2) is 11.5 Å². The van der Waals surface area contributed by atoms with Crippen molar-refractivity contribution in [3.8, 4) is 17.2 Å². The third-order valence-corrected chi connectivity index (χ3v) is 3.69. The van der Waals surface area contributed by atoms with E-state index in [1.54, 1.807) is 20.3 Å². The van der Waals surface area contributed by atoms with Gasteiger partial charge in [-0.1, -0.05) is 19.1 Å². The van der Waals surface area contributed by atoms with E-state index in [1.807, 2.05) is 50.2 Å². The molecule has 0 aliphatic carbocycles. The van der Waals surface area contributed by atoms with Crippen LogP contribution < -0.4 is 19.5 Å². The first kappa shape index (κ1) is 19.4. The molecule has 0 unspecified atom stereocenters. The first-order chi connectivity index (χ1) is 12.6. The average Bonchev–Trinajstić information content (AvgIpc) is 2.65. The number of hydrogen-bond acceptors (Lipinski definition) is 4. The van der Waals surface area contributed by atoms with Gasteiger partial charge in [-0.15, -0.1) is 0 Å². The van der Waals surface area contributed by atoms with E-state index >= 15 is 0 Å². The Bertz CT molecular complexity index is 784. The molecular formula is C21H25NO4. The van der Waals surface area contributed by atoms with Crippen molar-refractivity contribution < 1.29 is 19.0 Å². The summed E-state index contributed by atoms with van der Waals surface area (Å²) in [5.41, 5.74) is 2.53. The van der Waals surface area contributed by atoms with Crippen LogP contribution in [0.5, 0.6) is 17.2 Å². The Morgan fingerprint density at radius 3 is 2.46 bits per heavy atom. The smallest absolute Gasteiger partial charge is 0.248 e. The largest absolute Gasteiger partial charge is 0.495 e. The van der Waals surface area contributed by atoms with Crippen LogP contribution in [0.15, 0.2) is 42.5 Å². The van der Waals surface area contributed by atoms with E-state index in [0.717, 1.165) is 17.5 Å². The quantitative estimate of drug-likeness (QED) is 0.711. The third kappa shape index (κ3) is 5.28. The summed E-state index contributed by atoms with van der Waals surface area (Å²) in [5.74, 6) is 1.72. The molecule has 2 aromatic rings. The Hall–Kier alpha value is -2.95. The van der Waals surface area contributed by atoms with Crippen LogP contribution in [0.25, 0.3) is 6.08 Å². The summed E-state index contributed by atoms with van der Waals surface area (Å²) in [6.45, 7) is 4.64. The van der Waals surface area contributed by atoms with E-state index in [9.17, 15) is 4.79 Å². The zero-order valence-corrected chi connectivity index (χ0v) is 15.7. The molecule has 1 amide bonds. The Morgan fingerprint density at radius 2 is 1.77 bits per heavy atom. The number of ether oxygens (including phenoxy) is 3. The lowest BCUT2D eigenvalue weighted by molar-refractivity contribution is -0.111. The first-order valence-corrected chi connectivity index (χ1v) is 8.52. The van der Waals surface area contributed by atoms with Crippen molar-refractivity contribution in [3.05, 3.63) is 53.6 Å². The SMILES string of the molecule is CCCOc1ccc(C=CC(=O)Nc2cc(C)ccc2OC)cc1OC. The lowest BCUT2D eigenvalue weighted by Crippen LogP contribution is -2.09. The maximum atomic E-state index is 12.2. The molecule has 138 valence electrons. The van der Waals surface area contributed by atoms with Gasteiger partial charge < -0.3 is 19.5 Å². The number of aryl methyl sites for hydroxylation is 1. The van der Waals surface area contributed by atoms with Crippen LogP contribution >= 0.6 is 0 Å². The number of carbonyl (C=O) groups is 1. The van der Waals surface area contributed by atoms with Crippen LogP contribution in [0.2, 0.25) is 0 Å². The Labute approximate surface area is 154 Å². The Balaban J connectivity index is 2.09. The highest BCUT2D eigenvalue weighted by molar-refractivity contribution is 6.02. The van der Waals surface area contributed by atoms with Gasteiger partial charge in [0.1, 0.15) is 5.75 Å². The molecule has 0 saturated heterocycles. The molecule has 0 saturated carbocycles. The monoisotopic (exact) mass is 355 g/mol. The zero-order chi connectivity index (χ0) is 18.9. The maximum Gasteiger partial charge on any atom is 0.248 e. The number of rotatable bonds is 8. The topological polar surface area (TPSA) is 56.8 Å². The van der Waals surface area contributed by atoms with E-state index in [4.69, 9.17) is 14.2 Å². The highest BCUT2D eigenvalue weighted by atomic mass is 16.5. The summed E-state index contributed by atoms with van der Waals surface area (Å²) < 4.78 is 16.3. The second kappa shape index (κ2) is 9.51. The molecule has 0 fully saturated rings. The fourth-order valence-electron chi connectivity index (χ4n) is 2.38. The predicted molar refractivity (Wildman–Crippen MR) is 104 cm³/mol. The van der Waals surface area contributed by atoms with Crippen LogP contribution in [0.3, 0.4) is 0 Å². The summed E-state index contributed by atoms with van der Waals surface area (Å²) in [6, 6.07) is 11.2. The van der Waals surface area contributed by atoms with Crippen LogP contribution in [0.1, 0.15) is 24.5 Å². The standard InChI is InChI=1S/C21H25NO4/c1-5-12-26-19-10-7-16(14-20(19)25-4)8-11-21(23)22-17-13-15(2)6-9-18(17)24-3/h6-11,13-14H,5,12H2,1-4H3,(H,22,23). The number of amides is 1. The molecule has 0 atom stereocenters. The fourth-order valence-corrected chi connectivity index (χ4v) is 2.38. The molecule has 0 radical (unpaired) electrons. The molecule has 26 heavy (non-hydrogen) atoms. The summed E-state index contributed by atoms with van der Waals surface area (Å²) >= 11 is 0. The Kier molecular flexibility index (Phi) is 7.09. The van der Waals surface area contributed by atoms with Crippen molar-refractivity contribution in [1.29, 1.82) is 0 Å². The molecule has 5 heteroatoms. The minimum atomic E-state index is -0.237. The maximum absolute atomic E-state index is 12.2. The van der Waals surface area contributed by atoms with Crippen LogP contribution in [0, 0.1) is 6.92 Å². The van der Waals surface area contributed by atoms with Gasteiger partial charge in [-0.2, -0.15) is 0 Å². The van der Waals surface area contributed by atoms with Crippen molar-refractivity contribution >= 4 is 17.7 Å². The number of anilines is 1. The molecular weight excluding hydrogens is 330 g/mol. The number of carbonyl (C=O) groups excluding carboxylic acids is 1. The third-order valence-electron chi connectivity index (χ3n) is 3.69. The van der Waals surface area contributed by atoms with Gasteiger partial charge in [0.05, 0.1) is 26.5 Å². The Morgan fingerprint density at radius 1 is 1.04 bits per heavy atom. The molecule has 0 spiro atoms. The number of benzene rings is 2. The second-order valence-corrected chi connectivity index (χ2v) is 5.79. The van der Waals surface area contributed by atoms with Crippen LogP contribution in [0.4, 0.5) is 5.69 Å². The highest BCUT2D eigenvalue weighted by Crippen LogP contribution is 2.29. The minimum Gasteiger partial charge on any atom is -0.495 e. The van der Waals surface area contributed by atoms with Crippen molar-refractivity contribution in [2.75, 3.05) is 26.1 Å². The number of nitrogens with one attached hydrogen (secondary N) is 1.